The molecule has 94 valence electrons. The highest BCUT2D eigenvalue weighted by molar-refractivity contribution is 5.68. The maximum absolute atomic E-state index is 12.5. The Morgan fingerprint density at radius 2 is 2.06 bits per heavy atom. The van der Waals surface area contributed by atoms with Crippen LogP contribution < -0.4 is 9.47 Å². The van der Waals surface area contributed by atoms with Gasteiger partial charge in [0.15, 0.2) is 6.61 Å². The Morgan fingerprint density at radius 3 is 2.53 bits per heavy atom. The first-order valence-corrected chi connectivity index (χ1v) is 4.44. The van der Waals surface area contributed by atoms with Crippen molar-refractivity contribution in [3.63, 3.8) is 0 Å². The monoisotopic (exact) mass is 250 g/mol. The summed E-state index contributed by atoms with van der Waals surface area (Å²) in [5.41, 5.74) is -1.04. The summed E-state index contributed by atoms with van der Waals surface area (Å²) in [5.74, 6) is -1.78. The van der Waals surface area contributed by atoms with Gasteiger partial charge in [-0.05, 0) is 12.1 Å². The van der Waals surface area contributed by atoms with E-state index in [9.17, 15) is 18.0 Å². The number of benzene rings is 1. The number of carboxylic acids is 1. The normalized spacial score (nSPS) is 11.1. The average molecular weight is 250 g/mol. The molecule has 0 spiro atoms. The molecule has 0 aromatic heterocycles. The van der Waals surface area contributed by atoms with Crippen molar-refractivity contribution in [1.82, 2.24) is 0 Å². The van der Waals surface area contributed by atoms with Gasteiger partial charge < -0.3 is 14.6 Å². The van der Waals surface area contributed by atoms with Gasteiger partial charge in [-0.1, -0.05) is 0 Å². The van der Waals surface area contributed by atoms with Gasteiger partial charge in [0.1, 0.15) is 11.5 Å². The van der Waals surface area contributed by atoms with Gasteiger partial charge in [-0.15, -0.1) is 0 Å². The number of rotatable bonds is 4. The molecule has 0 aliphatic heterocycles. The smallest absolute Gasteiger partial charge is 0.419 e. The first kappa shape index (κ1) is 13.1. The lowest BCUT2D eigenvalue weighted by molar-refractivity contribution is -0.143. The van der Waals surface area contributed by atoms with Crippen molar-refractivity contribution in [3.8, 4) is 11.5 Å². The van der Waals surface area contributed by atoms with E-state index in [1.165, 1.54) is 7.11 Å². The van der Waals surface area contributed by atoms with E-state index in [4.69, 9.17) is 9.84 Å². The standard InChI is InChI=1S/C10H9F3O4/c1-16-6-2-3-7(10(11,12)13)8(4-6)17-5-9(14)15/h2-4H,5H2,1H3,(H,14,15). The van der Waals surface area contributed by atoms with Crippen LogP contribution in [-0.4, -0.2) is 24.8 Å². The van der Waals surface area contributed by atoms with E-state index in [0.717, 1.165) is 18.2 Å². The molecule has 1 aromatic rings. The van der Waals surface area contributed by atoms with Crippen molar-refractivity contribution in [2.75, 3.05) is 13.7 Å². The molecule has 0 fully saturated rings. The van der Waals surface area contributed by atoms with E-state index in [1.807, 2.05) is 0 Å². The van der Waals surface area contributed by atoms with Gasteiger partial charge in [-0.3, -0.25) is 0 Å². The third kappa shape index (κ3) is 3.54. The SMILES string of the molecule is COc1ccc(C(F)(F)F)c(OCC(=O)O)c1. The third-order valence-corrected chi connectivity index (χ3v) is 1.85. The van der Waals surface area contributed by atoms with Gasteiger partial charge in [0.25, 0.3) is 0 Å². The molecule has 1 rings (SSSR count). The number of carboxylic acid groups (broad SMARTS) is 1. The lowest BCUT2D eigenvalue weighted by Gasteiger charge is -2.13. The van der Waals surface area contributed by atoms with Crippen LogP contribution in [-0.2, 0) is 11.0 Å². The molecule has 17 heavy (non-hydrogen) atoms. The molecule has 0 bridgehead atoms. The zero-order valence-corrected chi connectivity index (χ0v) is 8.75. The summed E-state index contributed by atoms with van der Waals surface area (Å²) in [6.45, 7) is -0.851. The van der Waals surface area contributed by atoms with Crippen LogP contribution in [0, 0.1) is 0 Å². The van der Waals surface area contributed by atoms with Crippen molar-refractivity contribution in [1.29, 1.82) is 0 Å². The van der Waals surface area contributed by atoms with Gasteiger partial charge in [0.05, 0.1) is 12.7 Å². The second kappa shape index (κ2) is 4.94. The quantitative estimate of drug-likeness (QED) is 0.889. The fourth-order valence-electron chi connectivity index (χ4n) is 1.12. The molecule has 0 heterocycles. The average Bonchev–Trinajstić information content (AvgIpc) is 2.24. The van der Waals surface area contributed by atoms with Crippen LogP contribution in [0.4, 0.5) is 13.2 Å². The molecular weight excluding hydrogens is 241 g/mol. The van der Waals surface area contributed by atoms with E-state index in [1.54, 1.807) is 0 Å². The minimum atomic E-state index is -4.61. The molecule has 0 radical (unpaired) electrons. The Kier molecular flexibility index (Phi) is 3.82. The van der Waals surface area contributed by atoms with Gasteiger partial charge in [0, 0.05) is 6.07 Å². The Morgan fingerprint density at radius 1 is 1.41 bits per heavy atom. The molecule has 0 atom stereocenters. The first-order chi connectivity index (χ1) is 7.84. The Labute approximate surface area is 94.6 Å². The summed E-state index contributed by atoms with van der Waals surface area (Å²) >= 11 is 0. The molecule has 0 saturated carbocycles. The van der Waals surface area contributed by atoms with Crippen LogP contribution in [0.3, 0.4) is 0 Å². The second-order valence-corrected chi connectivity index (χ2v) is 3.04. The molecule has 0 unspecified atom stereocenters. The van der Waals surface area contributed by atoms with Crippen molar-refractivity contribution >= 4 is 5.97 Å². The molecule has 1 N–H and O–H groups in total. The fourth-order valence-corrected chi connectivity index (χ4v) is 1.12. The number of aliphatic carboxylic acids is 1. The van der Waals surface area contributed by atoms with Crippen LogP contribution in [0.5, 0.6) is 11.5 Å². The number of hydrogen-bond acceptors (Lipinski definition) is 3. The number of hydrogen-bond donors (Lipinski definition) is 1. The molecule has 4 nitrogen and oxygen atoms in total. The van der Waals surface area contributed by atoms with Crippen molar-refractivity contribution < 1.29 is 32.5 Å². The number of carbonyl (C=O) groups is 1. The molecular formula is C10H9F3O4. The number of alkyl halides is 3. The van der Waals surface area contributed by atoms with Crippen molar-refractivity contribution in [2.45, 2.75) is 6.18 Å². The zero-order chi connectivity index (χ0) is 13.1. The topological polar surface area (TPSA) is 55.8 Å². The molecule has 0 aliphatic rings. The van der Waals surface area contributed by atoms with Gasteiger partial charge in [-0.2, -0.15) is 13.2 Å². The van der Waals surface area contributed by atoms with Crippen molar-refractivity contribution in [3.05, 3.63) is 23.8 Å². The second-order valence-electron chi connectivity index (χ2n) is 3.04. The summed E-state index contributed by atoms with van der Waals surface area (Å²) in [6, 6.07) is 2.89. The fraction of sp³-hybridized carbons (Fsp3) is 0.300. The summed E-state index contributed by atoms with van der Waals surface area (Å²) < 4.78 is 46.9. The minimum absolute atomic E-state index is 0.151. The molecule has 0 aliphatic carbocycles. The molecule has 1 aromatic carbocycles. The molecule has 0 amide bonds. The van der Waals surface area contributed by atoms with Crippen LogP contribution in [0.15, 0.2) is 18.2 Å². The Balaban J connectivity index is 3.07. The van der Waals surface area contributed by atoms with Gasteiger partial charge >= 0.3 is 12.1 Å². The van der Waals surface area contributed by atoms with Crippen LogP contribution in [0.2, 0.25) is 0 Å². The van der Waals surface area contributed by atoms with Gasteiger partial charge in [-0.25, -0.2) is 4.79 Å². The van der Waals surface area contributed by atoms with E-state index < -0.39 is 30.1 Å². The van der Waals surface area contributed by atoms with Crippen LogP contribution in [0.1, 0.15) is 5.56 Å². The number of ether oxygens (including phenoxy) is 2. The summed E-state index contributed by atoms with van der Waals surface area (Å²) in [6.07, 6.45) is -4.61. The highest BCUT2D eigenvalue weighted by Crippen LogP contribution is 2.38. The largest absolute Gasteiger partial charge is 0.497 e. The summed E-state index contributed by atoms with van der Waals surface area (Å²) in [5, 5.41) is 8.36. The molecule has 7 heteroatoms. The van der Waals surface area contributed by atoms with E-state index >= 15 is 0 Å². The number of halogens is 3. The molecule has 0 saturated heterocycles. The first-order valence-electron chi connectivity index (χ1n) is 4.44. The van der Waals surface area contributed by atoms with Gasteiger partial charge in [0.2, 0.25) is 0 Å². The maximum Gasteiger partial charge on any atom is 0.419 e. The van der Waals surface area contributed by atoms with E-state index in [2.05, 4.69) is 4.74 Å². The maximum atomic E-state index is 12.5. The van der Waals surface area contributed by atoms with Crippen LogP contribution >= 0.6 is 0 Å². The third-order valence-electron chi connectivity index (χ3n) is 1.85. The lowest BCUT2D eigenvalue weighted by atomic mass is 10.2. The Hall–Kier alpha value is -1.92. The predicted molar refractivity (Wildman–Crippen MR) is 51.1 cm³/mol. The van der Waals surface area contributed by atoms with Crippen molar-refractivity contribution in [2.24, 2.45) is 0 Å². The highest BCUT2D eigenvalue weighted by Gasteiger charge is 2.34. The number of methoxy groups -OCH3 is 1. The summed E-state index contributed by atoms with van der Waals surface area (Å²) in [4.78, 5) is 10.3. The minimum Gasteiger partial charge on any atom is -0.497 e. The van der Waals surface area contributed by atoms with E-state index in [-0.39, 0.29) is 5.75 Å². The predicted octanol–water partition coefficient (Wildman–Crippen LogP) is 2.18. The lowest BCUT2D eigenvalue weighted by Crippen LogP contribution is -2.14. The zero-order valence-electron chi connectivity index (χ0n) is 8.75. The van der Waals surface area contributed by atoms with E-state index in [0.29, 0.717) is 0 Å². The Bertz CT molecular complexity index is 415. The summed E-state index contributed by atoms with van der Waals surface area (Å²) in [7, 11) is 1.28. The highest BCUT2D eigenvalue weighted by atomic mass is 19.4. The van der Waals surface area contributed by atoms with Crippen LogP contribution in [0.25, 0.3) is 0 Å².